The van der Waals surface area contributed by atoms with Crippen LogP contribution in [0.1, 0.15) is 30.4 Å². The van der Waals surface area contributed by atoms with Crippen molar-refractivity contribution in [1.29, 1.82) is 0 Å². The second-order valence-corrected chi connectivity index (χ2v) is 7.65. The maximum absolute atomic E-state index is 10.5. The predicted octanol–water partition coefficient (Wildman–Crippen LogP) is 3.85. The van der Waals surface area contributed by atoms with Crippen LogP contribution >= 0.6 is 35.3 Å². The first-order valence-electron chi connectivity index (χ1n) is 9.51. The van der Waals surface area contributed by atoms with Crippen molar-refractivity contribution in [3.8, 4) is 11.5 Å². The lowest BCUT2D eigenvalue weighted by Gasteiger charge is -2.17. The molecule has 8 heteroatoms. The van der Waals surface area contributed by atoms with Crippen molar-refractivity contribution < 1.29 is 14.6 Å². The third-order valence-corrected chi connectivity index (χ3v) is 5.19. The summed E-state index contributed by atoms with van der Waals surface area (Å²) in [4.78, 5) is 6.04. The van der Waals surface area contributed by atoms with E-state index in [4.69, 9.17) is 9.47 Å². The number of aliphatic hydroxyl groups is 1. The standard InChI is InChI=1S/C21H31N3O3S.HI/c1-5-22-21(23-13-15(2)11-17-7-6-10-28-17)24-14-18(25)16-8-9-19(26-3)20(12-16)27-4;/h6-10,12,15,18,25H,5,11,13-14H2,1-4H3,(H2,22,23,24);1H. The van der Waals surface area contributed by atoms with Gasteiger partial charge in [0.25, 0.3) is 0 Å². The van der Waals surface area contributed by atoms with Crippen molar-refractivity contribution in [3.05, 3.63) is 46.2 Å². The van der Waals surface area contributed by atoms with Crippen molar-refractivity contribution in [1.82, 2.24) is 10.6 Å². The number of nitrogens with zero attached hydrogens (tertiary/aromatic N) is 1. The molecule has 0 saturated carbocycles. The van der Waals surface area contributed by atoms with Crippen LogP contribution in [0.5, 0.6) is 11.5 Å². The molecule has 0 fully saturated rings. The molecule has 162 valence electrons. The van der Waals surface area contributed by atoms with E-state index in [0.29, 0.717) is 29.9 Å². The molecule has 0 radical (unpaired) electrons. The lowest BCUT2D eigenvalue weighted by Crippen LogP contribution is -2.39. The zero-order valence-electron chi connectivity index (χ0n) is 17.5. The lowest BCUT2D eigenvalue weighted by molar-refractivity contribution is 0.180. The number of methoxy groups -OCH3 is 2. The average Bonchev–Trinajstić information content (AvgIpc) is 3.22. The Labute approximate surface area is 194 Å². The third-order valence-electron chi connectivity index (χ3n) is 4.29. The summed E-state index contributed by atoms with van der Waals surface area (Å²) in [6, 6.07) is 9.66. The molecule has 1 heterocycles. The minimum atomic E-state index is -0.688. The summed E-state index contributed by atoms with van der Waals surface area (Å²) in [5, 5.41) is 19.1. The molecule has 0 aliphatic carbocycles. The second-order valence-electron chi connectivity index (χ2n) is 6.62. The van der Waals surface area contributed by atoms with Gasteiger partial charge in [-0.05, 0) is 48.4 Å². The molecule has 2 aromatic rings. The first kappa shape index (κ1) is 25.5. The highest BCUT2D eigenvalue weighted by Gasteiger charge is 2.13. The van der Waals surface area contributed by atoms with Gasteiger partial charge >= 0.3 is 0 Å². The summed E-state index contributed by atoms with van der Waals surface area (Å²) >= 11 is 1.78. The Morgan fingerprint density at radius 3 is 2.55 bits per heavy atom. The van der Waals surface area contributed by atoms with Gasteiger partial charge < -0.3 is 25.2 Å². The zero-order chi connectivity index (χ0) is 20.4. The van der Waals surface area contributed by atoms with Crippen LogP contribution in [-0.4, -0.2) is 44.9 Å². The highest BCUT2D eigenvalue weighted by molar-refractivity contribution is 14.0. The molecule has 0 saturated heterocycles. The van der Waals surface area contributed by atoms with E-state index in [1.54, 1.807) is 37.7 Å². The molecule has 2 unspecified atom stereocenters. The monoisotopic (exact) mass is 533 g/mol. The molecule has 3 N–H and O–H groups in total. The van der Waals surface area contributed by atoms with E-state index in [2.05, 4.69) is 40.1 Å². The van der Waals surface area contributed by atoms with Gasteiger partial charge in [-0.15, -0.1) is 35.3 Å². The number of thiophene rings is 1. The van der Waals surface area contributed by atoms with Crippen LogP contribution in [0.4, 0.5) is 0 Å². The zero-order valence-corrected chi connectivity index (χ0v) is 20.6. The lowest BCUT2D eigenvalue weighted by atomic mass is 10.1. The van der Waals surface area contributed by atoms with Gasteiger partial charge in [0, 0.05) is 24.5 Å². The molecule has 1 aromatic carbocycles. The minimum absolute atomic E-state index is 0. The number of aliphatic hydroxyl groups excluding tert-OH is 1. The molecule has 0 aliphatic heterocycles. The van der Waals surface area contributed by atoms with Crippen LogP contribution in [0.25, 0.3) is 0 Å². The predicted molar refractivity (Wildman–Crippen MR) is 131 cm³/mol. The first-order chi connectivity index (χ1) is 13.6. The summed E-state index contributed by atoms with van der Waals surface area (Å²) in [5.41, 5.74) is 0.757. The summed E-state index contributed by atoms with van der Waals surface area (Å²) < 4.78 is 10.5. The number of rotatable bonds is 10. The van der Waals surface area contributed by atoms with Crippen molar-refractivity contribution in [2.45, 2.75) is 26.4 Å². The number of nitrogens with one attached hydrogen (secondary N) is 2. The Balaban J connectivity index is 0.00000420. The maximum atomic E-state index is 10.5. The number of aliphatic imine (C=N–C) groups is 1. The van der Waals surface area contributed by atoms with E-state index in [0.717, 1.165) is 25.1 Å². The van der Waals surface area contributed by atoms with Crippen LogP contribution in [0, 0.1) is 5.92 Å². The number of halogens is 1. The Morgan fingerprint density at radius 1 is 1.17 bits per heavy atom. The van der Waals surface area contributed by atoms with E-state index in [-0.39, 0.29) is 24.0 Å². The fourth-order valence-electron chi connectivity index (χ4n) is 2.80. The van der Waals surface area contributed by atoms with Gasteiger partial charge in [0.1, 0.15) is 0 Å². The quantitative estimate of drug-likeness (QED) is 0.246. The van der Waals surface area contributed by atoms with Crippen LogP contribution in [0.3, 0.4) is 0 Å². The first-order valence-corrected chi connectivity index (χ1v) is 10.4. The average molecular weight is 533 g/mol. The molecular formula is C21H32IN3O3S. The van der Waals surface area contributed by atoms with Crippen LogP contribution < -0.4 is 20.1 Å². The van der Waals surface area contributed by atoms with Gasteiger partial charge in [0.2, 0.25) is 0 Å². The fourth-order valence-corrected chi connectivity index (χ4v) is 3.67. The van der Waals surface area contributed by atoms with Crippen LogP contribution in [0.15, 0.2) is 40.7 Å². The van der Waals surface area contributed by atoms with Gasteiger partial charge in [0.15, 0.2) is 17.5 Å². The molecule has 0 amide bonds. The largest absolute Gasteiger partial charge is 0.493 e. The number of guanidine groups is 1. The van der Waals surface area contributed by atoms with Gasteiger partial charge in [0.05, 0.1) is 20.3 Å². The van der Waals surface area contributed by atoms with Crippen molar-refractivity contribution in [3.63, 3.8) is 0 Å². The van der Waals surface area contributed by atoms with Gasteiger partial charge in [-0.3, -0.25) is 4.99 Å². The van der Waals surface area contributed by atoms with E-state index in [9.17, 15) is 5.11 Å². The summed E-state index contributed by atoms with van der Waals surface area (Å²) in [6.45, 7) is 6.06. The van der Waals surface area contributed by atoms with E-state index >= 15 is 0 Å². The molecule has 29 heavy (non-hydrogen) atoms. The Morgan fingerprint density at radius 2 is 1.93 bits per heavy atom. The molecule has 6 nitrogen and oxygen atoms in total. The summed E-state index contributed by atoms with van der Waals surface area (Å²) in [6.07, 6.45) is 0.335. The molecular weight excluding hydrogens is 501 g/mol. The SMILES string of the molecule is CCNC(=NCC(C)Cc1cccs1)NCC(O)c1ccc(OC)c(OC)c1.I. The number of benzene rings is 1. The Bertz CT molecular complexity index is 741. The summed E-state index contributed by atoms with van der Waals surface area (Å²) in [5.74, 6) is 2.40. The van der Waals surface area contributed by atoms with Crippen LogP contribution in [0.2, 0.25) is 0 Å². The molecule has 0 spiro atoms. The van der Waals surface area contributed by atoms with Crippen molar-refractivity contribution >= 4 is 41.3 Å². The highest BCUT2D eigenvalue weighted by atomic mass is 127. The smallest absolute Gasteiger partial charge is 0.191 e. The molecule has 1 aromatic heterocycles. The molecule has 2 atom stereocenters. The molecule has 0 bridgehead atoms. The van der Waals surface area contributed by atoms with Crippen molar-refractivity contribution in [2.24, 2.45) is 10.9 Å². The van der Waals surface area contributed by atoms with Gasteiger partial charge in [-0.1, -0.05) is 19.1 Å². The van der Waals surface area contributed by atoms with E-state index in [1.807, 2.05) is 13.0 Å². The maximum Gasteiger partial charge on any atom is 0.191 e. The number of ether oxygens (including phenoxy) is 2. The molecule has 2 rings (SSSR count). The van der Waals surface area contributed by atoms with E-state index in [1.165, 1.54) is 4.88 Å². The number of hydrogen-bond acceptors (Lipinski definition) is 5. The van der Waals surface area contributed by atoms with E-state index < -0.39 is 6.10 Å². The van der Waals surface area contributed by atoms with Gasteiger partial charge in [-0.25, -0.2) is 0 Å². The topological polar surface area (TPSA) is 75.1 Å². The number of hydrogen-bond donors (Lipinski definition) is 3. The second kappa shape index (κ2) is 13.7. The highest BCUT2D eigenvalue weighted by Crippen LogP contribution is 2.29. The normalized spacial score (nSPS) is 13.2. The molecule has 0 aliphatic rings. The minimum Gasteiger partial charge on any atom is -0.493 e. The summed E-state index contributed by atoms with van der Waals surface area (Å²) in [7, 11) is 3.17. The van der Waals surface area contributed by atoms with Gasteiger partial charge in [-0.2, -0.15) is 0 Å². The van der Waals surface area contributed by atoms with Crippen LogP contribution in [-0.2, 0) is 6.42 Å². The Hall–Kier alpha value is -1.52. The fraction of sp³-hybridized carbons (Fsp3) is 0.476. The third kappa shape index (κ3) is 8.39. The Kier molecular flexibility index (Phi) is 12.0. The van der Waals surface area contributed by atoms with Crippen molar-refractivity contribution in [2.75, 3.05) is 33.9 Å².